The molecule has 160 valence electrons. The number of ether oxygens (including phenoxy) is 1. The number of piperidine rings is 1. The number of para-hydroxylation sites is 1. The molecule has 2 aromatic carbocycles. The maximum absolute atomic E-state index is 12.9. The largest absolute Gasteiger partial charge is 0.496 e. The van der Waals surface area contributed by atoms with Crippen molar-refractivity contribution in [2.45, 2.75) is 31.9 Å². The quantitative estimate of drug-likeness (QED) is 0.634. The number of halogens is 3. The predicted octanol–water partition coefficient (Wildman–Crippen LogP) is 4.77. The van der Waals surface area contributed by atoms with E-state index in [4.69, 9.17) is 4.74 Å². The van der Waals surface area contributed by atoms with Crippen molar-refractivity contribution in [2.24, 2.45) is 5.92 Å². The van der Waals surface area contributed by atoms with Crippen LogP contribution in [0.4, 0.5) is 13.2 Å². The molecule has 1 amide bonds. The van der Waals surface area contributed by atoms with Crippen molar-refractivity contribution >= 4 is 11.7 Å². The summed E-state index contributed by atoms with van der Waals surface area (Å²) >= 11 is 0. The van der Waals surface area contributed by atoms with Crippen LogP contribution in [0.2, 0.25) is 0 Å². The molecule has 30 heavy (non-hydrogen) atoms. The number of Topliss-reactive ketones (excluding diaryl/α,β-unsaturated/α-hetero) is 1. The second-order valence-corrected chi connectivity index (χ2v) is 7.43. The van der Waals surface area contributed by atoms with E-state index in [-0.39, 0.29) is 30.2 Å². The molecule has 4 nitrogen and oxygen atoms in total. The number of carbonyl (C=O) groups excluding carboxylic acids is 2. The fraction of sp³-hybridized carbons (Fsp3) is 0.391. The average molecular weight is 419 g/mol. The van der Waals surface area contributed by atoms with Gasteiger partial charge in [-0.3, -0.25) is 9.59 Å². The highest BCUT2D eigenvalue weighted by Crippen LogP contribution is 2.31. The molecule has 0 spiro atoms. The Morgan fingerprint density at radius 3 is 2.63 bits per heavy atom. The first-order valence-corrected chi connectivity index (χ1v) is 9.90. The Hall–Kier alpha value is -2.83. The van der Waals surface area contributed by atoms with E-state index in [9.17, 15) is 22.8 Å². The van der Waals surface area contributed by atoms with Crippen LogP contribution in [0.15, 0.2) is 48.5 Å². The Kier molecular flexibility index (Phi) is 6.80. The van der Waals surface area contributed by atoms with E-state index in [1.807, 2.05) is 24.3 Å². The molecular weight excluding hydrogens is 395 g/mol. The average Bonchev–Trinajstić information content (AvgIpc) is 2.76. The molecule has 0 radical (unpaired) electrons. The predicted molar refractivity (Wildman–Crippen MR) is 106 cm³/mol. The first kappa shape index (κ1) is 21.9. The molecule has 1 heterocycles. The number of methoxy groups -OCH3 is 1. The molecule has 1 aliphatic rings. The van der Waals surface area contributed by atoms with Crippen LogP contribution in [-0.4, -0.2) is 36.8 Å². The van der Waals surface area contributed by atoms with Gasteiger partial charge in [0.15, 0.2) is 5.78 Å². The third kappa shape index (κ3) is 5.20. The van der Waals surface area contributed by atoms with Gasteiger partial charge in [-0.05, 0) is 43.0 Å². The zero-order valence-corrected chi connectivity index (χ0v) is 16.7. The number of carbonyl (C=O) groups is 2. The van der Waals surface area contributed by atoms with E-state index in [1.54, 1.807) is 12.0 Å². The monoisotopic (exact) mass is 419 g/mol. The molecule has 1 aliphatic heterocycles. The number of hydrogen-bond acceptors (Lipinski definition) is 3. The van der Waals surface area contributed by atoms with Crippen LogP contribution in [0.1, 0.15) is 40.7 Å². The smallest absolute Gasteiger partial charge is 0.416 e. The molecule has 0 bridgehead atoms. The van der Waals surface area contributed by atoms with Gasteiger partial charge in [-0.15, -0.1) is 0 Å². The van der Waals surface area contributed by atoms with Gasteiger partial charge >= 0.3 is 6.18 Å². The molecule has 3 rings (SSSR count). The number of likely N-dealkylation sites (tertiary alicyclic amines) is 1. The highest BCUT2D eigenvalue weighted by atomic mass is 19.4. The highest BCUT2D eigenvalue weighted by Gasteiger charge is 2.33. The van der Waals surface area contributed by atoms with Crippen LogP contribution in [-0.2, 0) is 17.4 Å². The zero-order valence-electron chi connectivity index (χ0n) is 16.7. The summed E-state index contributed by atoms with van der Waals surface area (Å²) < 4.78 is 44.1. The second kappa shape index (κ2) is 9.32. The number of hydrogen-bond donors (Lipinski definition) is 0. The summed E-state index contributed by atoms with van der Waals surface area (Å²) in [6.45, 7) is 0.789. The van der Waals surface area contributed by atoms with E-state index in [2.05, 4.69) is 0 Å². The molecule has 1 atom stereocenters. The van der Waals surface area contributed by atoms with E-state index >= 15 is 0 Å². The summed E-state index contributed by atoms with van der Waals surface area (Å²) in [6, 6.07) is 12.0. The van der Waals surface area contributed by atoms with Crippen molar-refractivity contribution < 1.29 is 27.5 Å². The van der Waals surface area contributed by atoms with Crippen molar-refractivity contribution in [2.75, 3.05) is 20.2 Å². The number of nitrogens with zero attached hydrogens (tertiary/aromatic N) is 1. The van der Waals surface area contributed by atoms with Crippen molar-refractivity contribution in [3.05, 3.63) is 65.2 Å². The SMILES string of the molecule is COc1ccccc1CCC(=O)N1CCCC(C(=O)c2cccc(C(F)(F)F)c2)C1. The maximum atomic E-state index is 12.9. The lowest BCUT2D eigenvalue weighted by molar-refractivity contribution is -0.137. The summed E-state index contributed by atoms with van der Waals surface area (Å²) in [5, 5.41) is 0. The summed E-state index contributed by atoms with van der Waals surface area (Å²) in [5.74, 6) is -0.176. The molecule has 2 aromatic rings. The van der Waals surface area contributed by atoms with Crippen LogP contribution >= 0.6 is 0 Å². The lowest BCUT2D eigenvalue weighted by Gasteiger charge is -2.32. The molecule has 1 saturated heterocycles. The van der Waals surface area contributed by atoms with Crippen LogP contribution in [0.25, 0.3) is 0 Å². The standard InChI is InChI=1S/C23H24F3NO3/c1-30-20-10-3-2-6-16(20)11-12-21(28)27-13-5-8-18(15-27)22(29)17-7-4-9-19(14-17)23(24,25)26/h2-4,6-7,9-10,14,18H,5,8,11-13,15H2,1H3. The topological polar surface area (TPSA) is 46.6 Å². The van der Waals surface area contributed by atoms with Crippen LogP contribution in [0.5, 0.6) is 5.75 Å². The zero-order chi connectivity index (χ0) is 21.7. The van der Waals surface area contributed by atoms with Crippen LogP contribution in [0, 0.1) is 5.92 Å². The van der Waals surface area contributed by atoms with Crippen LogP contribution < -0.4 is 4.74 Å². The van der Waals surface area contributed by atoms with Gasteiger partial charge in [0.2, 0.25) is 5.91 Å². The van der Waals surface area contributed by atoms with E-state index in [0.29, 0.717) is 25.8 Å². The summed E-state index contributed by atoms with van der Waals surface area (Å²) in [4.78, 5) is 27.1. The number of amides is 1. The molecule has 0 aliphatic carbocycles. The van der Waals surface area contributed by atoms with E-state index < -0.39 is 17.7 Å². The lowest BCUT2D eigenvalue weighted by atomic mass is 9.89. The number of ketones is 1. The third-order valence-corrected chi connectivity index (χ3v) is 5.42. The lowest BCUT2D eigenvalue weighted by Crippen LogP contribution is -2.42. The first-order valence-electron chi connectivity index (χ1n) is 9.90. The molecule has 7 heteroatoms. The highest BCUT2D eigenvalue weighted by molar-refractivity contribution is 5.98. The van der Waals surface area contributed by atoms with Gasteiger partial charge in [0.1, 0.15) is 5.75 Å². The van der Waals surface area contributed by atoms with Crippen LogP contribution in [0.3, 0.4) is 0 Å². The van der Waals surface area contributed by atoms with Crippen molar-refractivity contribution in [1.82, 2.24) is 4.90 Å². The molecule has 0 aromatic heterocycles. The third-order valence-electron chi connectivity index (χ3n) is 5.42. The van der Waals surface area contributed by atoms with Crippen molar-refractivity contribution in [1.29, 1.82) is 0 Å². The van der Waals surface area contributed by atoms with Gasteiger partial charge in [0, 0.05) is 31.0 Å². The summed E-state index contributed by atoms with van der Waals surface area (Å²) in [6.07, 6.45) is -2.49. The maximum Gasteiger partial charge on any atom is 0.416 e. The van der Waals surface area contributed by atoms with Crippen molar-refractivity contribution in [3.63, 3.8) is 0 Å². The molecule has 1 fully saturated rings. The van der Waals surface area contributed by atoms with Gasteiger partial charge in [-0.2, -0.15) is 13.2 Å². The fourth-order valence-corrected chi connectivity index (χ4v) is 3.81. The Morgan fingerprint density at radius 1 is 1.13 bits per heavy atom. The second-order valence-electron chi connectivity index (χ2n) is 7.43. The van der Waals surface area contributed by atoms with Gasteiger partial charge in [0.25, 0.3) is 0 Å². The Morgan fingerprint density at radius 2 is 1.90 bits per heavy atom. The van der Waals surface area contributed by atoms with E-state index in [0.717, 1.165) is 23.4 Å². The number of aryl methyl sites for hydroxylation is 1. The normalized spacial score (nSPS) is 16.9. The molecular formula is C23H24F3NO3. The summed E-state index contributed by atoms with van der Waals surface area (Å²) in [7, 11) is 1.58. The number of rotatable bonds is 6. The minimum atomic E-state index is -4.50. The number of benzene rings is 2. The fourth-order valence-electron chi connectivity index (χ4n) is 3.81. The minimum absolute atomic E-state index is 0.0399. The van der Waals surface area contributed by atoms with Gasteiger partial charge < -0.3 is 9.64 Å². The summed E-state index contributed by atoms with van der Waals surface area (Å²) in [5.41, 5.74) is 0.133. The minimum Gasteiger partial charge on any atom is -0.496 e. The molecule has 0 saturated carbocycles. The van der Waals surface area contributed by atoms with Gasteiger partial charge in [0.05, 0.1) is 12.7 Å². The van der Waals surface area contributed by atoms with Crippen molar-refractivity contribution in [3.8, 4) is 5.75 Å². The Labute approximate surface area is 173 Å². The van der Waals surface area contributed by atoms with Gasteiger partial charge in [-0.1, -0.05) is 30.3 Å². The Bertz CT molecular complexity index is 911. The Balaban J connectivity index is 1.63. The molecule has 0 N–H and O–H groups in total. The molecule has 1 unspecified atom stereocenters. The van der Waals surface area contributed by atoms with Gasteiger partial charge in [-0.25, -0.2) is 0 Å². The van der Waals surface area contributed by atoms with E-state index in [1.165, 1.54) is 12.1 Å². The first-order chi connectivity index (χ1) is 14.3. The number of alkyl halides is 3.